The highest BCUT2D eigenvalue weighted by atomic mass is 35.5. The van der Waals surface area contributed by atoms with Crippen LogP contribution in [-0.4, -0.2) is 26.7 Å². The second-order valence-electron chi connectivity index (χ2n) is 5.37. The molecule has 0 radical (unpaired) electrons. The normalized spacial score (nSPS) is 19.4. The van der Waals surface area contributed by atoms with Gasteiger partial charge in [0.05, 0.1) is 5.56 Å². The van der Waals surface area contributed by atoms with E-state index in [2.05, 4.69) is 0 Å². The van der Waals surface area contributed by atoms with E-state index >= 15 is 0 Å². The van der Waals surface area contributed by atoms with E-state index in [9.17, 15) is 28.2 Å². The third kappa shape index (κ3) is 2.60. The molecule has 0 fully saturated rings. The predicted octanol–water partition coefficient (Wildman–Crippen LogP) is 3.58. The molecule has 4 nitrogen and oxygen atoms in total. The van der Waals surface area contributed by atoms with Gasteiger partial charge in [0.2, 0.25) is 0 Å². The van der Waals surface area contributed by atoms with Crippen molar-refractivity contribution in [2.24, 2.45) is 0 Å². The van der Waals surface area contributed by atoms with Gasteiger partial charge in [-0.05, 0) is 24.6 Å². The molecule has 3 rings (SSSR count). The molecule has 0 aliphatic heterocycles. The van der Waals surface area contributed by atoms with E-state index in [0.717, 1.165) is 18.3 Å². The maximum atomic E-state index is 13.7. The molecule has 2 aromatic rings. The molecule has 0 saturated carbocycles. The van der Waals surface area contributed by atoms with Crippen molar-refractivity contribution in [2.75, 3.05) is 0 Å². The molecule has 1 unspecified atom stereocenters. The summed E-state index contributed by atoms with van der Waals surface area (Å²) in [6.07, 6.45) is -1.90. The van der Waals surface area contributed by atoms with E-state index < -0.39 is 35.8 Å². The van der Waals surface area contributed by atoms with E-state index in [1.54, 1.807) is 0 Å². The van der Waals surface area contributed by atoms with Gasteiger partial charge in [0.1, 0.15) is 11.9 Å². The molecule has 1 atom stereocenters. The van der Waals surface area contributed by atoms with Gasteiger partial charge in [-0.15, -0.1) is 0 Å². The van der Waals surface area contributed by atoms with Crippen molar-refractivity contribution in [1.29, 1.82) is 0 Å². The Morgan fingerprint density at radius 2 is 2.04 bits per heavy atom. The number of halogens is 4. The monoisotopic (exact) mass is 345 g/mol. The van der Waals surface area contributed by atoms with Gasteiger partial charge in [0.25, 0.3) is 5.92 Å². The summed E-state index contributed by atoms with van der Waals surface area (Å²) < 4.78 is 42.3. The van der Waals surface area contributed by atoms with Crippen LogP contribution in [0.3, 0.4) is 0 Å². The Bertz CT molecular complexity index is 783. The minimum Gasteiger partial charge on any atom is -0.478 e. The first-order chi connectivity index (χ1) is 10.7. The Kier molecular flexibility index (Phi) is 3.65. The first-order valence-corrected chi connectivity index (χ1v) is 7.08. The molecular weight excluding hydrogens is 335 g/mol. The number of aromatic carboxylic acids is 1. The van der Waals surface area contributed by atoms with Crippen LogP contribution in [0.1, 0.15) is 34.1 Å². The van der Waals surface area contributed by atoms with Gasteiger partial charge >= 0.3 is 5.97 Å². The summed E-state index contributed by atoms with van der Waals surface area (Å²) in [7, 11) is 0. The van der Waals surface area contributed by atoms with Gasteiger partial charge in [-0.1, -0.05) is 11.6 Å². The minimum absolute atomic E-state index is 0.0843. The molecule has 0 amide bonds. The van der Waals surface area contributed by atoms with Crippen molar-refractivity contribution >= 4 is 17.6 Å². The van der Waals surface area contributed by atoms with Crippen LogP contribution in [-0.2, 0) is 6.42 Å². The van der Waals surface area contributed by atoms with Gasteiger partial charge in [-0.2, -0.15) is 0 Å². The molecule has 0 bridgehead atoms. The van der Waals surface area contributed by atoms with Crippen LogP contribution in [0.5, 0.6) is 0 Å². The molecule has 1 aromatic heterocycles. The molecule has 8 heteroatoms. The van der Waals surface area contributed by atoms with Crippen molar-refractivity contribution in [1.82, 2.24) is 4.57 Å². The highest BCUT2D eigenvalue weighted by molar-refractivity contribution is 6.30. The summed E-state index contributed by atoms with van der Waals surface area (Å²) >= 11 is 5.79. The molecule has 1 aliphatic rings. The number of aromatic nitrogens is 1. The number of nitrogens with zero attached hydrogens (tertiary/aromatic N) is 1. The average molecular weight is 346 g/mol. The number of fused-ring (bicyclic) bond motifs is 1. The van der Waals surface area contributed by atoms with Gasteiger partial charge in [0, 0.05) is 34.6 Å². The molecule has 0 saturated heterocycles. The van der Waals surface area contributed by atoms with E-state index in [0.29, 0.717) is 0 Å². The highest BCUT2D eigenvalue weighted by Crippen LogP contribution is 2.44. The van der Waals surface area contributed by atoms with E-state index in [1.165, 1.54) is 10.6 Å². The molecule has 23 heavy (non-hydrogen) atoms. The average Bonchev–Trinajstić information content (AvgIpc) is 2.82. The summed E-state index contributed by atoms with van der Waals surface area (Å²) in [6, 6.07) is 3.56. The SMILES string of the molecule is O=C(O)c1cn(-c2cc(F)cc(Cl)c2)c2c1C(O)C(F)(F)CC2. The Morgan fingerprint density at radius 3 is 2.65 bits per heavy atom. The van der Waals surface area contributed by atoms with Crippen LogP contribution in [0.25, 0.3) is 5.69 Å². The second kappa shape index (κ2) is 5.28. The zero-order chi connectivity index (χ0) is 16.9. The number of carbonyl (C=O) groups is 1. The summed E-state index contributed by atoms with van der Waals surface area (Å²) in [5.41, 5.74) is -0.361. The van der Waals surface area contributed by atoms with Crippen molar-refractivity contribution in [3.8, 4) is 5.69 Å². The molecule has 0 spiro atoms. The summed E-state index contributed by atoms with van der Waals surface area (Å²) in [5.74, 6) is -5.50. The summed E-state index contributed by atoms with van der Waals surface area (Å²) in [6.45, 7) is 0. The number of benzene rings is 1. The number of aliphatic hydroxyl groups excluding tert-OH is 1. The lowest BCUT2D eigenvalue weighted by atomic mass is 9.89. The molecule has 1 heterocycles. The molecule has 2 N–H and O–H groups in total. The molecule has 1 aliphatic carbocycles. The number of hydrogen-bond donors (Lipinski definition) is 2. The first kappa shape index (κ1) is 15.9. The minimum atomic E-state index is -3.41. The number of hydrogen-bond acceptors (Lipinski definition) is 2. The highest BCUT2D eigenvalue weighted by Gasteiger charge is 2.47. The Labute approximate surface area is 133 Å². The quantitative estimate of drug-likeness (QED) is 0.874. The maximum Gasteiger partial charge on any atom is 0.337 e. The largest absolute Gasteiger partial charge is 0.478 e. The number of carboxylic acids is 1. The number of carboxylic acid groups (broad SMARTS) is 1. The number of rotatable bonds is 2. The second-order valence-corrected chi connectivity index (χ2v) is 5.81. The van der Waals surface area contributed by atoms with E-state index in [1.807, 2.05) is 0 Å². The zero-order valence-corrected chi connectivity index (χ0v) is 12.3. The van der Waals surface area contributed by atoms with Crippen molar-refractivity contribution in [3.63, 3.8) is 0 Å². The third-order valence-electron chi connectivity index (χ3n) is 3.87. The smallest absolute Gasteiger partial charge is 0.337 e. The van der Waals surface area contributed by atoms with Crippen molar-refractivity contribution in [2.45, 2.75) is 24.9 Å². The van der Waals surface area contributed by atoms with Gasteiger partial charge in [0.15, 0.2) is 0 Å². The number of aliphatic hydroxyl groups is 1. The first-order valence-electron chi connectivity index (χ1n) is 6.70. The summed E-state index contributed by atoms with van der Waals surface area (Å²) in [4.78, 5) is 11.3. The lowest BCUT2D eigenvalue weighted by Gasteiger charge is -2.29. The van der Waals surface area contributed by atoms with Gasteiger partial charge in [-0.3, -0.25) is 0 Å². The molecule has 1 aromatic carbocycles. The van der Waals surface area contributed by atoms with Crippen LogP contribution in [0.15, 0.2) is 24.4 Å². The van der Waals surface area contributed by atoms with Crippen molar-refractivity contribution in [3.05, 3.63) is 52.1 Å². The van der Waals surface area contributed by atoms with Crippen LogP contribution in [0, 0.1) is 5.82 Å². The van der Waals surface area contributed by atoms with E-state index in [4.69, 9.17) is 11.6 Å². The summed E-state index contributed by atoms with van der Waals surface area (Å²) in [5, 5.41) is 19.2. The fraction of sp³-hybridized carbons (Fsp3) is 0.267. The fourth-order valence-electron chi connectivity index (χ4n) is 2.83. The lowest BCUT2D eigenvalue weighted by molar-refractivity contribution is -0.122. The molecular formula is C15H11ClF3NO3. The topological polar surface area (TPSA) is 62.5 Å². The maximum absolute atomic E-state index is 13.7. The fourth-order valence-corrected chi connectivity index (χ4v) is 3.05. The predicted molar refractivity (Wildman–Crippen MR) is 75.9 cm³/mol. The Morgan fingerprint density at radius 1 is 1.35 bits per heavy atom. The van der Waals surface area contributed by atoms with Gasteiger partial charge < -0.3 is 14.8 Å². The van der Waals surface area contributed by atoms with Gasteiger partial charge in [-0.25, -0.2) is 18.0 Å². The van der Waals surface area contributed by atoms with Crippen LogP contribution in [0.2, 0.25) is 5.02 Å². The zero-order valence-electron chi connectivity index (χ0n) is 11.6. The number of alkyl halides is 2. The molecule has 122 valence electrons. The van der Waals surface area contributed by atoms with Crippen LogP contribution in [0.4, 0.5) is 13.2 Å². The standard InChI is InChI=1S/C15H11ClF3NO3/c16-7-3-8(17)5-9(4-7)20-6-10(14(22)23)12-11(20)1-2-15(18,19)13(12)21/h3-6,13,21H,1-2H2,(H,22,23). The van der Waals surface area contributed by atoms with E-state index in [-0.39, 0.29) is 28.4 Å². The van der Waals surface area contributed by atoms with Crippen LogP contribution >= 0.6 is 11.6 Å². The lowest BCUT2D eigenvalue weighted by Crippen LogP contribution is -2.33. The third-order valence-corrected chi connectivity index (χ3v) is 4.09. The Hall–Kier alpha value is -1.99. The van der Waals surface area contributed by atoms with Crippen molar-refractivity contribution < 1.29 is 28.2 Å². The Balaban J connectivity index is 2.25. The van der Waals surface area contributed by atoms with Crippen LogP contribution < -0.4 is 0 Å².